The van der Waals surface area contributed by atoms with E-state index in [0.717, 1.165) is 6.42 Å². The Kier molecular flexibility index (Phi) is 31.5. The van der Waals surface area contributed by atoms with Crippen LogP contribution in [0.15, 0.2) is 0 Å². The van der Waals surface area contributed by atoms with Crippen LogP contribution >= 0.6 is 0 Å². The van der Waals surface area contributed by atoms with Gasteiger partial charge in [-0.3, -0.25) is 0 Å². The molecule has 0 N–H and O–H groups in total. The van der Waals surface area contributed by atoms with Gasteiger partial charge in [0.25, 0.3) is 0 Å². The zero-order valence-corrected chi connectivity index (χ0v) is 13.2. The highest BCUT2D eigenvalue weighted by Gasteiger charge is 1.88. The second kappa shape index (κ2) is 24.6. The Bertz CT molecular complexity index is 129. The van der Waals surface area contributed by atoms with Crippen LogP contribution in [0.2, 0.25) is 0 Å². The highest BCUT2D eigenvalue weighted by Crippen LogP contribution is 2.05. The van der Waals surface area contributed by atoms with Crippen LogP contribution in [-0.4, -0.2) is 0 Å². The molecule has 0 aromatic heterocycles. The van der Waals surface area contributed by atoms with Crippen molar-refractivity contribution in [3.63, 3.8) is 0 Å². The minimum atomic E-state index is 0.241. The summed E-state index contributed by atoms with van der Waals surface area (Å²) in [5, 5.41) is 8.08. The molecular formula is C16H35N. The number of hydrogen-bond donors (Lipinski definition) is 0. The molecule has 0 aromatic carbocycles. The Morgan fingerprint density at radius 2 is 1.18 bits per heavy atom. The topological polar surface area (TPSA) is 23.8 Å². The van der Waals surface area contributed by atoms with E-state index in [1.165, 1.54) is 44.9 Å². The third-order valence-corrected chi connectivity index (χ3v) is 2.54. The first-order valence-electron chi connectivity index (χ1n) is 7.62. The molecule has 0 aliphatic rings. The fraction of sp³-hybridized carbons (Fsp3) is 0.938. The minimum absolute atomic E-state index is 0.241. The second-order valence-corrected chi connectivity index (χ2v) is 4.21. The molecule has 1 unspecified atom stereocenters. The minimum Gasteiger partial charge on any atom is -0.198 e. The first-order valence-corrected chi connectivity index (χ1v) is 7.62. The van der Waals surface area contributed by atoms with Gasteiger partial charge in [-0.05, 0) is 13.3 Å². The molecule has 0 aliphatic carbocycles. The Labute approximate surface area is 111 Å². The van der Waals surface area contributed by atoms with E-state index in [1.807, 2.05) is 27.7 Å². The van der Waals surface area contributed by atoms with E-state index in [-0.39, 0.29) is 5.92 Å². The molecule has 0 aliphatic heterocycles. The van der Waals surface area contributed by atoms with Crippen molar-refractivity contribution < 1.29 is 0 Å². The first kappa shape index (κ1) is 21.7. The Morgan fingerprint density at radius 1 is 0.824 bits per heavy atom. The van der Waals surface area contributed by atoms with Gasteiger partial charge in [0.1, 0.15) is 0 Å². The highest BCUT2D eigenvalue weighted by atomic mass is 14.2. The van der Waals surface area contributed by atoms with E-state index in [0.29, 0.717) is 0 Å². The second-order valence-electron chi connectivity index (χ2n) is 4.21. The third kappa shape index (κ3) is 31.3. The van der Waals surface area contributed by atoms with Gasteiger partial charge in [-0.2, -0.15) is 5.26 Å². The zero-order chi connectivity index (χ0) is 13.9. The maximum absolute atomic E-state index is 8.08. The fourth-order valence-corrected chi connectivity index (χ4v) is 1.12. The van der Waals surface area contributed by atoms with Crippen LogP contribution < -0.4 is 0 Å². The average molecular weight is 241 g/mol. The standard InChI is InChI=1S/C9H20.C5H9N.C2H6/c1-3-5-7-9-8-6-4-2;1-3-5(2)4-6;1-2/h3-9H2,1-2H3;5H,3H2,1-2H3;1-2H3. The molecule has 1 heteroatoms. The molecule has 17 heavy (non-hydrogen) atoms. The summed E-state index contributed by atoms with van der Waals surface area (Å²) in [7, 11) is 0. The lowest BCUT2D eigenvalue weighted by molar-refractivity contribution is 0.602. The molecule has 104 valence electrons. The van der Waals surface area contributed by atoms with Gasteiger partial charge in [0.05, 0.1) is 6.07 Å². The maximum Gasteiger partial charge on any atom is 0.0652 e. The first-order chi connectivity index (χ1) is 8.22. The van der Waals surface area contributed by atoms with E-state index >= 15 is 0 Å². The van der Waals surface area contributed by atoms with E-state index in [2.05, 4.69) is 19.9 Å². The highest BCUT2D eigenvalue weighted by molar-refractivity contribution is 4.76. The van der Waals surface area contributed by atoms with Gasteiger partial charge in [-0.25, -0.2) is 0 Å². The maximum atomic E-state index is 8.08. The van der Waals surface area contributed by atoms with Crippen molar-refractivity contribution in [2.24, 2.45) is 5.92 Å². The quantitative estimate of drug-likeness (QED) is 0.477. The predicted octanol–water partition coefficient (Wildman–Crippen LogP) is 6.34. The van der Waals surface area contributed by atoms with Crippen molar-refractivity contribution in [2.75, 3.05) is 0 Å². The van der Waals surface area contributed by atoms with Crippen LogP contribution in [-0.2, 0) is 0 Å². The van der Waals surface area contributed by atoms with Gasteiger partial charge in [0.15, 0.2) is 0 Å². The van der Waals surface area contributed by atoms with Crippen LogP contribution in [0, 0.1) is 17.2 Å². The lowest BCUT2D eigenvalue weighted by Crippen LogP contribution is -1.81. The van der Waals surface area contributed by atoms with Crippen LogP contribution in [0.1, 0.15) is 92.9 Å². The molecule has 1 nitrogen and oxygen atoms in total. The molecular weight excluding hydrogens is 206 g/mol. The van der Waals surface area contributed by atoms with E-state index in [1.54, 1.807) is 0 Å². The molecule has 0 heterocycles. The number of hydrogen-bond acceptors (Lipinski definition) is 1. The molecule has 0 fully saturated rings. The normalized spacial score (nSPS) is 10.2. The smallest absolute Gasteiger partial charge is 0.0652 e. The van der Waals surface area contributed by atoms with Gasteiger partial charge in [0, 0.05) is 5.92 Å². The molecule has 0 saturated carbocycles. The van der Waals surface area contributed by atoms with Crippen molar-refractivity contribution in [1.82, 2.24) is 0 Å². The number of nitriles is 1. The van der Waals surface area contributed by atoms with E-state index in [4.69, 9.17) is 5.26 Å². The lowest BCUT2D eigenvalue weighted by Gasteiger charge is -1.96. The van der Waals surface area contributed by atoms with Gasteiger partial charge in [0.2, 0.25) is 0 Å². The van der Waals surface area contributed by atoms with Gasteiger partial charge >= 0.3 is 0 Å². The summed E-state index contributed by atoms with van der Waals surface area (Å²) >= 11 is 0. The molecule has 0 saturated heterocycles. The van der Waals surface area contributed by atoms with Gasteiger partial charge < -0.3 is 0 Å². The largest absolute Gasteiger partial charge is 0.198 e. The predicted molar refractivity (Wildman–Crippen MR) is 80.1 cm³/mol. The summed E-state index contributed by atoms with van der Waals surface area (Å²) in [5.74, 6) is 0.241. The average Bonchev–Trinajstić information content (AvgIpc) is 2.41. The van der Waals surface area contributed by atoms with Crippen LogP contribution in [0.4, 0.5) is 0 Å². The molecule has 0 spiro atoms. The Hall–Kier alpha value is -0.510. The summed E-state index contributed by atoms with van der Waals surface area (Å²) in [6, 6.07) is 2.11. The fourth-order valence-electron chi connectivity index (χ4n) is 1.12. The van der Waals surface area contributed by atoms with Crippen LogP contribution in [0.25, 0.3) is 0 Å². The Balaban J connectivity index is -0.000000213. The number of nitrogens with zero attached hydrogens (tertiary/aromatic N) is 1. The molecule has 0 amide bonds. The van der Waals surface area contributed by atoms with Crippen molar-refractivity contribution in [1.29, 1.82) is 5.26 Å². The molecule has 0 radical (unpaired) electrons. The Morgan fingerprint density at radius 3 is 1.35 bits per heavy atom. The summed E-state index contributed by atoms with van der Waals surface area (Å²) in [5.41, 5.74) is 0. The molecule has 0 bridgehead atoms. The molecule has 0 rings (SSSR count). The van der Waals surface area contributed by atoms with Crippen LogP contribution in [0.5, 0.6) is 0 Å². The summed E-state index contributed by atoms with van der Waals surface area (Å²) in [6.07, 6.45) is 10.9. The van der Waals surface area contributed by atoms with Gasteiger partial charge in [-0.1, -0.05) is 79.6 Å². The van der Waals surface area contributed by atoms with Crippen LogP contribution in [0.3, 0.4) is 0 Å². The SMILES string of the molecule is CC.CCC(C)C#N.CCCCCCCCC. The van der Waals surface area contributed by atoms with Gasteiger partial charge in [-0.15, -0.1) is 0 Å². The monoisotopic (exact) mass is 241 g/mol. The molecule has 1 atom stereocenters. The number of unbranched alkanes of at least 4 members (excludes halogenated alkanes) is 6. The molecule has 0 aromatic rings. The summed E-state index contributed by atoms with van der Waals surface area (Å²) in [4.78, 5) is 0. The van der Waals surface area contributed by atoms with E-state index in [9.17, 15) is 0 Å². The van der Waals surface area contributed by atoms with E-state index < -0.39 is 0 Å². The van der Waals surface area contributed by atoms with Crippen molar-refractivity contribution >= 4 is 0 Å². The van der Waals surface area contributed by atoms with Crippen molar-refractivity contribution in [3.05, 3.63) is 0 Å². The number of rotatable bonds is 7. The van der Waals surface area contributed by atoms with Crippen molar-refractivity contribution in [3.8, 4) is 6.07 Å². The summed E-state index contributed by atoms with van der Waals surface area (Å²) < 4.78 is 0. The summed E-state index contributed by atoms with van der Waals surface area (Å²) in [6.45, 7) is 12.5. The third-order valence-electron chi connectivity index (χ3n) is 2.54. The zero-order valence-electron chi connectivity index (χ0n) is 13.2. The van der Waals surface area contributed by atoms with Crippen molar-refractivity contribution in [2.45, 2.75) is 92.9 Å². The lowest BCUT2D eigenvalue weighted by atomic mass is 10.1.